The van der Waals surface area contributed by atoms with Gasteiger partial charge in [0.15, 0.2) is 0 Å². The van der Waals surface area contributed by atoms with Crippen LogP contribution >= 0.6 is 0 Å². The predicted molar refractivity (Wildman–Crippen MR) is 58.0 cm³/mol. The lowest BCUT2D eigenvalue weighted by Crippen LogP contribution is -2.28. The van der Waals surface area contributed by atoms with Crippen molar-refractivity contribution in [2.45, 2.75) is 26.3 Å². The van der Waals surface area contributed by atoms with Gasteiger partial charge in [0.2, 0.25) is 0 Å². The number of nitrogens with two attached hydrogens (primary N) is 1. The van der Waals surface area contributed by atoms with Gasteiger partial charge >= 0.3 is 0 Å². The molecule has 74 valence electrons. The highest BCUT2D eigenvalue weighted by atomic mass is 14.6. The average molecular weight is 180 g/mol. The molecule has 0 bridgehead atoms. The fraction of sp³-hybridized carbons (Fsp3) is 0.455. The SMILES string of the molecule is CC(C)C(N)Cc1ccccc1.N. The summed E-state index contributed by atoms with van der Waals surface area (Å²) in [6, 6.07) is 10.7. The van der Waals surface area contributed by atoms with Crippen LogP contribution in [0.25, 0.3) is 0 Å². The molecule has 1 aromatic carbocycles. The molecule has 0 spiro atoms. The summed E-state index contributed by atoms with van der Waals surface area (Å²) in [6.45, 7) is 4.32. The van der Waals surface area contributed by atoms with E-state index in [9.17, 15) is 0 Å². The quantitative estimate of drug-likeness (QED) is 0.750. The van der Waals surface area contributed by atoms with Crippen LogP contribution in [0.5, 0.6) is 0 Å². The third-order valence-electron chi connectivity index (χ3n) is 2.17. The molecule has 2 heteroatoms. The van der Waals surface area contributed by atoms with Crippen molar-refractivity contribution < 1.29 is 0 Å². The molecular weight excluding hydrogens is 160 g/mol. The molecule has 1 atom stereocenters. The van der Waals surface area contributed by atoms with Crippen LogP contribution in [0, 0.1) is 5.92 Å². The number of benzene rings is 1. The molecule has 0 heterocycles. The second-order valence-corrected chi connectivity index (χ2v) is 3.60. The van der Waals surface area contributed by atoms with Crippen molar-refractivity contribution in [1.29, 1.82) is 0 Å². The van der Waals surface area contributed by atoms with E-state index in [-0.39, 0.29) is 12.2 Å². The molecule has 0 fully saturated rings. The summed E-state index contributed by atoms with van der Waals surface area (Å²) in [6.07, 6.45) is 0.985. The van der Waals surface area contributed by atoms with E-state index in [0.717, 1.165) is 6.42 Å². The van der Waals surface area contributed by atoms with Crippen LogP contribution in [0.1, 0.15) is 19.4 Å². The Balaban J connectivity index is 0.00000144. The third-order valence-corrected chi connectivity index (χ3v) is 2.17. The standard InChI is InChI=1S/C11H17N.H3N/c1-9(2)11(12)8-10-6-4-3-5-7-10;/h3-7,9,11H,8,12H2,1-2H3;1H3. The lowest BCUT2D eigenvalue weighted by Gasteiger charge is -2.14. The highest BCUT2D eigenvalue weighted by Crippen LogP contribution is 2.07. The van der Waals surface area contributed by atoms with Gasteiger partial charge in [-0.2, -0.15) is 0 Å². The minimum absolute atomic E-state index is 0. The van der Waals surface area contributed by atoms with Crippen LogP contribution in [0.4, 0.5) is 0 Å². The van der Waals surface area contributed by atoms with Gasteiger partial charge in [0.1, 0.15) is 0 Å². The van der Waals surface area contributed by atoms with Crippen LogP contribution in [-0.2, 0) is 6.42 Å². The molecular formula is C11H20N2. The first-order valence-electron chi connectivity index (χ1n) is 4.49. The Kier molecular flexibility index (Phi) is 5.35. The zero-order valence-corrected chi connectivity index (χ0v) is 8.53. The Hall–Kier alpha value is -0.860. The summed E-state index contributed by atoms with van der Waals surface area (Å²) >= 11 is 0. The van der Waals surface area contributed by atoms with Crippen molar-refractivity contribution in [3.8, 4) is 0 Å². The van der Waals surface area contributed by atoms with E-state index < -0.39 is 0 Å². The molecule has 1 unspecified atom stereocenters. The first kappa shape index (κ1) is 12.1. The van der Waals surface area contributed by atoms with Crippen LogP contribution in [0.2, 0.25) is 0 Å². The molecule has 13 heavy (non-hydrogen) atoms. The minimum Gasteiger partial charge on any atom is -0.344 e. The zero-order valence-electron chi connectivity index (χ0n) is 8.53. The van der Waals surface area contributed by atoms with Crippen LogP contribution in [0.3, 0.4) is 0 Å². The first-order valence-corrected chi connectivity index (χ1v) is 4.49. The molecule has 1 rings (SSSR count). The molecule has 0 saturated heterocycles. The van der Waals surface area contributed by atoms with E-state index in [2.05, 4.69) is 38.1 Å². The van der Waals surface area contributed by atoms with Crippen molar-refractivity contribution in [2.75, 3.05) is 0 Å². The fourth-order valence-electron chi connectivity index (χ4n) is 1.12. The maximum Gasteiger partial charge on any atom is 0.0102 e. The van der Waals surface area contributed by atoms with E-state index in [1.165, 1.54) is 5.56 Å². The Morgan fingerprint density at radius 1 is 1.15 bits per heavy atom. The molecule has 0 saturated carbocycles. The average Bonchev–Trinajstić information content (AvgIpc) is 2.06. The van der Waals surface area contributed by atoms with Crippen molar-refractivity contribution in [3.63, 3.8) is 0 Å². The number of rotatable bonds is 3. The summed E-state index contributed by atoms with van der Waals surface area (Å²) in [5.41, 5.74) is 7.28. The number of hydrogen-bond acceptors (Lipinski definition) is 2. The number of hydrogen-bond donors (Lipinski definition) is 2. The van der Waals surface area contributed by atoms with Gasteiger partial charge in [-0.25, -0.2) is 0 Å². The normalized spacial score (nSPS) is 12.3. The second-order valence-electron chi connectivity index (χ2n) is 3.60. The van der Waals surface area contributed by atoms with Crippen molar-refractivity contribution >= 4 is 0 Å². The predicted octanol–water partition coefficient (Wildman–Crippen LogP) is 2.37. The lowest BCUT2D eigenvalue weighted by molar-refractivity contribution is 0.490. The monoisotopic (exact) mass is 180 g/mol. The van der Waals surface area contributed by atoms with Gasteiger partial charge in [-0.3, -0.25) is 0 Å². The highest BCUT2D eigenvalue weighted by Gasteiger charge is 2.07. The van der Waals surface area contributed by atoms with Gasteiger partial charge in [-0.1, -0.05) is 44.2 Å². The molecule has 0 radical (unpaired) electrons. The summed E-state index contributed by atoms with van der Waals surface area (Å²) < 4.78 is 0. The van der Waals surface area contributed by atoms with Crippen LogP contribution in [-0.4, -0.2) is 6.04 Å². The van der Waals surface area contributed by atoms with E-state index >= 15 is 0 Å². The smallest absolute Gasteiger partial charge is 0.0102 e. The summed E-state index contributed by atoms with van der Waals surface area (Å²) in [5, 5.41) is 0. The second kappa shape index (κ2) is 5.73. The van der Waals surface area contributed by atoms with Gasteiger partial charge in [-0.15, -0.1) is 0 Å². The van der Waals surface area contributed by atoms with Gasteiger partial charge < -0.3 is 11.9 Å². The van der Waals surface area contributed by atoms with Gasteiger partial charge in [0.25, 0.3) is 0 Å². The van der Waals surface area contributed by atoms with Gasteiger partial charge in [0.05, 0.1) is 0 Å². The maximum absolute atomic E-state index is 5.95. The Morgan fingerprint density at radius 2 is 1.69 bits per heavy atom. The molecule has 0 aliphatic heterocycles. The molecule has 0 aliphatic carbocycles. The van der Waals surface area contributed by atoms with Gasteiger partial charge in [0, 0.05) is 6.04 Å². The van der Waals surface area contributed by atoms with Crippen molar-refractivity contribution in [3.05, 3.63) is 35.9 Å². The fourth-order valence-corrected chi connectivity index (χ4v) is 1.12. The van der Waals surface area contributed by atoms with Gasteiger partial charge in [-0.05, 0) is 17.9 Å². The zero-order chi connectivity index (χ0) is 8.97. The van der Waals surface area contributed by atoms with E-state index in [1.807, 2.05) is 6.07 Å². The summed E-state index contributed by atoms with van der Waals surface area (Å²) in [7, 11) is 0. The summed E-state index contributed by atoms with van der Waals surface area (Å²) in [5.74, 6) is 0.560. The van der Waals surface area contributed by atoms with Crippen LogP contribution in [0.15, 0.2) is 30.3 Å². The van der Waals surface area contributed by atoms with Crippen LogP contribution < -0.4 is 11.9 Å². The minimum atomic E-state index is 0. The third kappa shape index (κ3) is 4.06. The molecule has 1 aromatic rings. The topological polar surface area (TPSA) is 61.0 Å². The van der Waals surface area contributed by atoms with E-state index in [0.29, 0.717) is 5.92 Å². The largest absolute Gasteiger partial charge is 0.344 e. The molecule has 0 aromatic heterocycles. The maximum atomic E-state index is 5.95. The van der Waals surface area contributed by atoms with Crippen molar-refractivity contribution in [1.82, 2.24) is 6.15 Å². The Labute approximate surface area is 80.7 Å². The lowest BCUT2D eigenvalue weighted by atomic mass is 9.98. The highest BCUT2D eigenvalue weighted by molar-refractivity contribution is 5.15. The molecule has 0 aliphatic rings. The first-order chi connectivity index (χ1) is 5.70. The van der Waals surface area contributed by atoms with Crippen molar-refractivity contribution in [2.24, 2.45) is 11.7 Å². The van der Waals surface area contributed by atoms with E-state index in [4.69, 9.17) is 5.73 Å². The summed E-state index contributed by atoms with van der Waals surface area (Å²) in [4.78, 5) is 0. The Morgan fingerprint density at radius 3 is 2.15 bits per heavy atom. The Bertz CT molecular complexity index is 219. The van der Waals surface area contributed by atoms with E-state index in [1.54, 1.807) is 0 Å². The molecule has 0 amide bonds. The molecule has 5 N–H and O–H groups in total. The molecule has 2 nitrogen and oxygen atoms in total.